The number of unbranched alkanes of at least 4 members (excludes halogenated alkanes) is 2. The molecule has 1 aliphatic heterocycles. The fraction of sp³-hybridized carbons (Fsp3) is 0.538. The van der Waals surface area contributed by atoms with Gasteiger partial charge < -0.3 is 10.0 Å². The molecule has 0 amide bonds. The number of aliphatic hydroxyl groups excluding tert-OH is 1. The number of non-ortho nitro benzene ring substituents is 1. The number of rotatable bonds is 9. The topological polar surface area (TPSA) is 101 Å². The van der Waals surface area contributed by atoms with Crippen molar-refractivity contribution >= 4 is 21.2 Å². The third-order valence-corrected chi connectivity index (χ3v) is 9.09. The van der Waals surface area contributed by atoms with Crippen LogP contribution < -0.4 is 4.90 Å². The highest BCUT2D eigenvalue weighted by Crippen LogP contribution is 2.50. The second-order valence-corrected chi connectivity index (χ2v) is 11.7. The predicted octanol–water partition coefficient (Wildman–Crippen LogP) is 5.31. The molecule has 1 unspecified atom stereocenters. The lowest BCUT2D eigenvalue weighted by Crippen LogP contribution is -2.43. The van der Waals surface area contributed by atoms with E-state index in [0.717, 1.165) is 31.4 Å². The van der Waals surface area contributed by atoms with Gasteiger partial charge in [0.15, 0.2) is 9.84 Å². The van der Waals surface area contributed by atoms with Crippen LogP contribution >= 0.6 is 0 Å². The van der Waals surface area contributed by atoms with Gasteiger partial charge in [0, 0.05) is 43.2 Å². The van der Waals surface area contributed by atoms with Crippen LogP contribution in [0.4, 0.5) is 11.4 Å². The maximum atomic E-state index is 13.8. The van der Waals surface area contributed by atoms with Crippen molar-refractivity contribution in [3.05, 3.63) is 63.7 Å². The minimum absolute atomic E-state index is 0.0742. The van der Waals surface area contributed by atoms with Gasteiger partial charge in [0.05, 0.1) is 21.7 Å². The second-order valence-electron chi connectivity index (χ2n) is 9.72. The highest BCUT2D eigenvalue weighted by atomic mass is 32.2. The van der Waals surface area contributed by atoms with Crippen LogP contribution in [-0.4, -0.2) is 44.4 Å². The Morgan fingerprint density at radius 3 is 2.29 bits per heavy atom. The zero-order valence-corrected chi connectivity index (χ0v) is 21.3. The van der Waals surface area contributed by atoms with Crippen molar-refractivity contribution in [3.8, 4) is 0 Å². The summed E-state index contributed by atoms with van der Waals surface area (Å²) in [5.41, 5.74) is 0.973. The van der Waals surface area contributed by atoms with Crippen LogP contribution in [0.5, 0.6) is 0 Å². The van der Waals surface area contributed by atoms with Crippen molar-refractivity contribution in [2.45, 2.75) is 69.3 Å². The molecule has 0 fully saturated rings. The minimum atomic E-state index is -3.70. The first-order chi connectivity index (χ1) is 16.1. The number of hydrogen-bond donors (Lipinski definition) is 1. The van der Waals surface area contributed by atoms with E-state index in [9.17, 15) is 23.6 Å². The first-order valence-electron chi connectivity index (χ1n) is 12.0. The number of nitro benzene ring substituents is 1. The molecular formula is C26H36N2O5S. The van der Waals surface area contributed by atoms with Gasteiger partial charge in [0.1, 0.15) is 0 Å². The molecule has 7 nitrogen and oxygen atoms in total. The molecule has 1 aliphatic rings. The Balaban J connectivity index is 2.34. The van der Waals surface area contributed by atoms with E-state index in [-0.39, 0.29) is 16.3 Å². The Hall–Kier alpha value is -2.45. The fourth-order valence-corrected chi connectivity index (χ4v) is 7.41. The quantitative estimate of drug-likeness (QED) is 0.379. The van der Waals surface area contributed by atoms with Crippen molar-refractivity contribution in [3.63, 3.8) is 0 Å². The van der Waals surface area contributed by atoms with Gasteiger partial charge in [-0.2, -0.15) is 0 Å². The van der Waals surface area contributed by atoms with Crippen LogP contribution in [0.3, 0.4) is 0 Å². The maximum Gasteiger partial charge on any atom is 0.269 e. The molecule has 1 heterocycles. The molecule has 2 aromatic carbocycles. The molecule has 0 aliphatic carbocycles. The van der Waals surface area contributed by atoms with Crippen LogP contribution in [0.15, 0.2) is 47.4 Å². The third-order valence-electron chi connectivity index (χ3n) is 7.10. The molecule has 0 aromatic heterocycles. The van der Waals surface area contributed by atoms with Gasteiger partial charge in [-0.05, 0) is 42.2 Å². The van der Waals surface area contributed by atoms with E-state index in [1.165, 1.54) is 12.1 Å². The number of anilines is 1. The average molecular weight is 489 g/mol. The standard InChI is InChI=1S/C26H36N2O5S/c1-5-7-14-26(15-8-6-2)18-34(32,33)23-13-12-20(27(3)4)17-22(23)24(25(26)29)19-10-9-11-21(16-19)28(30)31/h9-13,16-17,24-25,29H,5-8,14-15,18H2,1-4H3/t24-,25?/m1/s1. The summed E-state index contributed by atoms with van der Waals surface area (Å²) in [6.45, 7) is 4.11. The average Bonchev–Trinajstić information content (AvgIpc) is 2.87. The maximum absolute atomic E-state index is 13.8. The molecule has 2 atom stereocenters. The van der Waals surface area contributed by atoms with E-state index in [1.54, 1.807) is 24.3 Å². The first-order valence-corrected chi connectivity index (χ1v) is 13.7. The van der Waals surface area contributed by atoms with Gasteiger partial charge in [-0.15, -0.1) is 0 Å². The van der Waals surface area contributed by atoms with Crippen LogP contribution in [0.2, 0.25) is 0 Å². The Morgan fingerprint density at radius 2 is 1.74 bits per heavy atom. The molecule has 0 spiro atoms. The monoisotopic (exact) mass is 488 g/mol. The van der Waals surface area contributed by atoms with E-state index in [1.807, 2.05) is 25.1 Å². The fourth-order valence-electron chi connectivity index (χ4n) is 5.22. The number of nitrogens with zero attached hydrogens (tertiary/aromatic N) is 2. The summed E-state index contributed by atoms with van der Waals surface area (Å²) < 4.78 is 27.6. The highest BCUT2D eigenvalue weighted by Gasteiger charge is 2.49. The third kappa shape index (κ3) is 5.13. The van der Waals surface area contributed by atoms with E-state index >= 15 is 0 Å². The molecule has 0 radical (unpaired) electrons. The van der Waals surface area contributed by atoms with E-state index < -0.39 is 32.2 Å². The van der Waals surface area contributed by atoms with E-state index in [2.05, 4.69) is 13.8 Å². The SMILES string of the molecule is CCCCC1(CCCC)CS(=O)(=O)c2ccc(N(C)C)cc2[C@@H](c2cccc([N+](=O)[O-])c2)C1O. The molecule has 3 rings (SSSR count). The van der Waals surface area contributed by atoms with Crippen molar-refractivity contribution < 1.29 is 18.4 Å². The summed E-state index contributed by atoms with van der Waals surface area (Å²) in [5.74, 6) is -0.818. The molecule has 0 bridgehead atoms. The van der Waals surface area contributed by atoms with Crippen molar-refractivity contribution in [2.24, 2.45) is 5.41 Å². The Kier molecular flexibility index (Phi) is 8.03. The van der Waals surface area contributed by atoms with E-state index in [0.29, 0.717) is 24.0 Å². The van der Waals surface area contributed by atoms with Crippen LogP contribution in [0.25, 0.3) is 0 Å². The van der Waals surface area contributed by atoms with Gasteiger partial charge in [-0.3, -0.25) is 10.1 Å². The highest BCUT2D eigenvalue weighted by molar-refractivity contribution is 7.91. The number of hydrogen-bond acceptors (Lipinski definition) is 6. The largest absolute Gasteiger partial charge is 0.392 e. The normalized spacial score (nSPS) is 20.9. The summed E-state index contributed by atoms with van der Waals surface area (Å²) in [7, 11) is 0.0450. The van der Waals surface area contributed by atoms with Crippen molar-refractivity contribution in [1.29, 1.82) is 0 Å². The molecule has 8 heteroatoms. The molecule has 0 saturated heterocycles. The van der Waals surface area contributed by atoms with Gasteiger partial charge in [-0.25, -0.2) is 8.42 Å². The number of benzene rings is 2. The first kappa shape index (κ1) is 26.2. The Bertz CT molecular complexity index is 1120. The van der Waals surface area contributed by atoms with E-state index in [4.69, 9.17) is 0 Å². The minimum Gasteiger partial charge on any atom is -0.392 e. The molecule has 34 heavy (non-hydrogen) atoms. The molecular weight excluding hydrogens is 452 g/mol. The second kappa shape index (κ2) is 10.4. The van der Waals surface area contributed by atoms with Crippen molar-refractivity contribution in [2.75, 3.05) is 24.7 Å². The molecule has 0 saturated carbocycles. The van der Waals surface area contributed by atoms with Crippen LogP contribution in [0.1, 0.15) is 69.4 Å². The lowest BCUT2D eigenvalue weighted by atomic mass is 9.68. The summed E-state index contributed by atoms with van der Waals surface area (Å²) in [6, 6.07) is 11.5. The Labute approximate surface area is 202 Å². The lowest BCUT2D eigenvalue weighted by Gasteiger charge is -2.40. The smallest absolute Gasteiger partial charge is 0.269 e. The number of nitro groups is 1. The van der Waals surface area contributed by atoms with Crippen LogP contribution in [0, 0.1) is 15.5 Å². The van der Waals surface area contributed by atoms with Gasteiger partial charge in [-0.1, -0.05) is 51.7 Å². The predicted molar refractivity (Wildman–Crippen MR) is 135 cm³/mol. The van der Waals surface area contributed by atoms with Gasteiger partial charge >= 0.3 is 0 Å². The van der Waals surface area contributed by atoms with Crippen molar-refractivity contribution in [1.82, 2.24) is 0 Å². The summed E-state index contributed by atoms with van der Waals surface area (Å²) in [6.07, 6.45) is 3.56. The molecule has 2 aromatic rings. The number of sulfone groups is 1. The zero-order valence-electron chi connectivity index (χ0n) is 20.5. The van der Waals surface area contributed by atoms with Crippen LogP contribution in [-0.2, 0) is 9.84 Å². The van der Waals surface area contributed by atoms with Gasteiger partial charge in [0.25, 0.3) is 5.69 Å². The van der Waals surface area contributed by atoms with Gasteiger partial charge in [0.2, 0.25) is 0 Å². The molecule has 1 N–H and O–H groups in total. The summed E-state index contributed by atoms with van der Waals surface area (Å²) in [5, 5.41) is 23.6. The summed E-state index contributed by atoms with van der Waals surface area (Å²) in [4.78, 5) is 13.2. The lowest BCUT2D eigenvalue weighted by molar-refractivity contribution is -0.384. The summed E-state index contributed by atoms with van der Waals surface area (Å²) >= 11 is 0. The zero-order chi connectivity index (χ0) is 25.1. The Morgan fingerprint density at radius 1 is 1.09 bits per heavy atom. The number of aliphatic hydroxyl groups is 1. The number of fused-ring (bicyclic) bond motifs is 1. The molecule has 186 valence electrons.